The number of amides is 1. The summed E-state index contributed by atoms with van der Waals surface area (Å²) in [4.78, 5) is 14.9. The molecule has 1 saturated heterocycles. The molecule has 1 N–H and O–H groups in total. The van der Waals surface area contributed by atoms with E-state index in [1.54, 1.807) is 27.9 Å². The molecule has 8 heteroatoms. The molecular weight excluding hydrogens is 448 g/mol. The van der Waals surface area contributed by atoms with Crippen LogP contribution in [-0.4, -0.2) is 34.2 Å². The van der Waals surface area contributed by atoms with E-state index in [1.807, 2.05) is 60.7 Å². The number of nitrogens with zero attached hydrogens (tertiary/aromatic N) is 4. The van der Waals surface area contributed by atoms with E-state index in [0.717, 1.165) is 29.1 Å². The third-order valence-electron chi connectivity index (χ3n) is 6.21. The number of fused-ring (bicyclic) bond motifs is 1. The van der Waals surface area contributed by atoms with Crippen LogP contribution in [0.1, 0.15) is 30.5 Å². The monoisotopic (exact) mass is 471 g/mol. The molecule has 0 radical (unpaired) electrons. The minimum Gasteiger partial charge on any atom is -0.305 e. The second-order valence-corrected chi connectivity index (χ2v) is 8.84. The van der Waals surface area contributed by atoms with E-state index in [1.165, 1.54) is 0 Å². The standard InChI is InChI=1S/C27H23F2N5O/c1-27(28,29)17-31-23-14-25(35)33(26(23)19-5-3-2-4-6-19)22-11-12-24-20(13-22)16-32-34(24)21-9-7-18(15-30)8-10-21/h2-13,16,23,26,31H,14,17H2,1H3/t23-,26+/m1/s1. The van der Waals surface area contributed by atoms with Crippen LogP contribution in [0.4, 0.5) is 14.5 Å². The molecule has 176 valence electrons. The summed E-state index contributed by atoms with van der Waals surface area (Å²) in [7, 11) is 0. The molecule has 6 nitrogen and oxygen atoms in total. The summed E-state index contributed by atoms with van der Waals surface area (Å²) >= 11 is 0. The van der Waals surface area contributed by atoms with Gasteiger partial charge in [-0.15, -0.1) is 0 Å². The highest BCUT2D eigenvalue weighted by Gasteiger charge is 2.42. The SMILES string of the molecule is CC(F)(F)CN[C@@H]1CC(=O)N(c2ccc3c(cnn3-c3ccc(C#N)cc3)c2)[C@H]1c1ccccc1. The maximum absolute atomic E-state index is 13.6. The number of aromatic nitrogens is 2. The van der Waals surface area contributed by atoms with Gasteiger partial charge < -0.3 is 10.2 Å². The van der Waals surface area contributed by atoms with Gasteiger partial charge in [-0.25, -0.2) is 13.5 Å². The average molecular weight is 472 g/mol. The molecule has 0 spiro atoms. The van der Waals surface area contributed by atoms with Gasteiger partial charge in [0.1, 0.15) is 0 Å². The van der Waals surface area contributed by atoms with Crippen molar-refractivity contribution in [2.45, 2.75) is 31.4 Å². The van der Waals surface area contributed by atoms with Gasteiger partial charge >= 0.3 is 0 Å². The third kappa shape index (κ3) is 4.51. The molecule has 1 aliphatic rings. The zero-order valence-corrected chi connectivity index (χ0v) is 19.0. The molecule has 1 fully saturated rings. The first kappa shape index (κ1) is 22.7. The lowest BCUT2D eigenvalue weighted by molar-refractivity contribution is -0.117. The largest absolute Gasteiger partial charge is 0.305 e. The van der Waals surface area contributed by atoms with Gasteiger partial charge in [0.15, 0.2) is 0 Å². The van der Waals surface area contributed by atoms with E-state index in [0.29, 0.717) is 11.3 Å². The van der Waals surface area contributed by atoms with Crippen LogP contribution >= 0.6 is 0 Å². The molecule has 1 amide bonds. The fraction of sp³-hybridized carbons (Fsp3) is 0.222. The molecule has 0 unspecified atom stereocenters. The summed E-state index contributed by atoms with van der Waals surface area (Å²) in [5.41, 5.74) is 3.79. The Kier molecular flexibility index (Phi) is 5.79. The van der Waals surface area contributed by atoms with Crippen LogP contribution in [0.2, 0.25) is 0 Å². The van der Waals surface area contributed by atoms with E-state index >= 15 is 0 Å². The average Bonchev–Trinajstić information content (AvgIpc) is 3.43. The maximum atomic E-state index is 13.6. The van der Waals surface area contributed by atoms with Crippen molar-refractivity contribution in [2.75, 3.05) is 11.4 Å². The molecule has 2 heterocycles. The van der Waals surface area contributed by atoms with Crippen LogP contribution in [0.5, 0.6) is 0 Å². The Morgan fingerprint density at radius 2 is 1.80 bits per heavy atom. The van der Waals surface area contributed by atoms with Gasteiger partial charge in [0.05, 0.1) is 41.6 Å². The normalized spacial score (nSPS) is 18.2. The van der Waals surface area contributed by atoms with Crippen LogP contribution in [0.25, 0.3) is 16.6 Å². The van der Waals surface area contributed by atoms with E-state index in [9.17, 15) is 13.6 Å². The molecular formula is C27H23F2N5O. The van der Waals surface area contributed by atoms with Gasteiger partial charge in [0.25, 0.3) is 5.92 Å². The van der Waals surface area contributed by atoms with Crippen molar-refractivity contribution >= 4 is 22.5 Å². The number of carbonyl (C=O) groups is 1. The number of halogens is 2. The number of alkyl halides is 2. The Labute approximate surface area is 201 Å². The summed E-state index contributed by atoms with van der Waals surface area (Å²) in [6, 6.07) is 23.5. The molecule has 0 bridgehead atoms. The first-order chi connectivity index (χ1) is 16.8. The number of nitriles is 1. The number of benzene rings is 3. The van der Waals surface area contributed by atoms with Crippen LogP contribution < -0.4 is 10.2 Å². The van der Waals surface area contributed by atoms with Crippen molar-refractivity contribution in [1.82, 2.24) is 15.1 Å². The van der Waals surface area contributed by atoms with Crippen molar-refractivity contribution in [2.24, 2.45) is 0 Å². The minimum atomic E-state index is -2.88. The fourth-order valence-electron chi connectivity index (χ4n) is 4.62. The molecule has 1 aliphatic heterocycles. The lowest BCUT2D eigenvalue weighted by Crippen LogP contribution is -2.41. The van der Waals surface area contributed by atoms with Gasteiger partial charge in [0.2, 0.25) is 5.91 Å². The van der Waals surface area contributed by atoms with Crippen LogP contribution in [0.3, 0.4) is 0 Å². The maximum Gasteiger partial charge on any atom is 0.257 e. The van der Waals surface area contributed by atoms with Crippen molar-refractivity contribution in [3.05, 3.63) is 90.1 Å². The fourth-order valence-corrected chi connectivity index (χ4v) is 4.62. The van der Waals surface area contributed by atoms with Crippen molar-refractivity contribution in [3.63, 3.8) is 0 Å². The van der Waals surface area contributed by atoms with Gasteiger partial charge in [0, 0.05) is 30.5 Å². The molecule has 3 aromatic carbocycles. The first-order valence-corrected chi connectivity index (χ1v) is 11.3. The number of carbonyl (C=O) groups excluding carboxylic acids is 1. The number of nitrogens with one attached hydrogen (secondary N) is 1. The summed E-state index contributed by atoms with van der Waals surface area (Å²) < 4.78 is 29.0. The Morgan fingerprint density at radius 3 is 2.49 bits per heavy atom. The molecule has 35 heavy (non-hydrogen) atoms. The van der Waals surface area contributed by atoms with Crippen molar-refractivity contribution in [1.29, 1.82) is 5.26 Å². The predicted molar refractivity (Wildman–Crippen MR) is 129 cm³/mol. The van der Waals surface area contributed by atoms with Gasteiger partial charge in [-0.1, -0.05) is 30.3 Å². The smallest absolute Gasteiger partial charge is 0.257 e. The number of hydrogen-bond acceptors (Lipinski definition) is 4. The second-order valence-electron chi connectivity index (χ2n) is 8.84. The lowest BCUT2D eigenvalue weighted by atomic mass is 9.99. The summed E-state index contributed by atoms with van der Waals surface area (Å²) in [6.07, 6.45) is 1.85. The Hall–Kier alpha value is -4.09. The summed E-state index contributed by atoms with van der Waals surface area (Å²) in [5, 5.41) is 17.3. The first-order valence-electron chi connectivity index (χ1n) is 11.3. The number of anilines is 1. The van der Waals surface area contributed by atoms with Crippen LogP contribution in [0.15, 0.2) is 79.0 Å². The Bertz CT molecular complexity index is 1400. The highest BCUT2D eigenvalue weighted by atomic mass is 19.3. The zero-order chi connectivity index (χ0) is 24.6. The van der Waals surface area contributed by atoms with E-state index in [4.69, 9.17) is 5.26 Å². The van der Waals surface area contributed by atoms with Crippen molar-refractivity contribution in [3.8, 4) is 11.8 Å². The molecule has 0 saturated carbocycles. The van der Waals surface area contributed by atoms with Gasteiger partial charge in [-0.3, -0.25) is 4.79 Å². The minimum absolute atomic E-state index is 0.123. The van der Waals surface area contributed by atoms with Crippen LogP contribution in [0, 0.1) is 11.3 Å². The quantitative estimate of drug-likeness (QED) is 0.430. The molecule has 0 aliphatic carbocycles. The highest BCUT2D eigenvalue weighted by molar-refractivity contribution is 5.99. The predicted octanol–water partition coefficient (Wildman–Crippen LogP) is 4.99. The zero-order valence-electron chi connectivity index (χ0n) is 19.0. The topological polar surface area (TPSA) is 74.0 Å². The van der Waals surface area contributed by atoms with Gasteiger partial charge in [-0.05, 0) is 48.0 Å². The highest BCUT2D eigenvalue weighted by Crippen LogP contribution is 2.38. The Morgan fingerprint density at radius 1 is 1.09 bits per heavy atom. The van der Waals surface area contributed by atoms with E-state index in [2.05, 4.69) is 16.5 Å². The van der Waals surface area contributed by atoms with Gasteiger partial charge in [-0.2, -0.15) is 10.4 Å². The molecule has 1 aromatic heterocycles. The molecule has 4 aromatic rings. The lowest BCUT2D eigenvalue weighted by Gasteiger charge is -2.30. The third-order valence-corrected chi connectivity index (χ3v) is 6.21. The Balaban J connectivity index is 1.51. The summed E-state index contributed by atoms with van der Waals surface area (Å²) in [6.45, 7) is 0.365. The number of hydrogen-bond donors (Lipinski definition) is 1. The molecule has 2 atom stereocenters. The van der Waals surface area contributed by atoms with Crippen LogP contribution in [-0.2, 0) is 4.79 Å². The van der Waals surface area contributed by atoms with E-state index in [-0.39, 0.29) is 12.3 Å². The van der Waals surface area contributed by atoms with Crippen molar-refractivity contribution < 1.29 is 13.6 Å². The number of rotatable bonds is 6. The summed E-state index contributed by atoms with van der Waals surface area (Å²) in [5.74, 6) is -3.01. The second kappa shape index (κ2) is 8.93. The molecule has 5 rings (SSSR count). The van der Waals surface area contributed by atoms with E-state index < -0.39 is 24.6 Å².